The SMILES string of the molecule is O=C(C=CCCO)OP(=O)(O)O. The average molecular weight is 196 g/mol. The predicted octanol–water partition coefficient (Wildman–Crippen LogP) is -0.439. The zero-order chi connectivity index (χ0) is 9.61. The van der Waals surface area contributed by atoms with Crippen molar-refractivity contribution in [3.63, 3.8) is 0 Å². The molecule has 0 aliphatic heterocycles. The quantitative estimate of drug-likeness (QED) is 0.416. The zero-order valence-electron chi connectivity index (χ0n) is 6.08. The molecular weight excluding hydrogens is 187 g/mol. The first-order chi connectivity index (χ1) is 5.45. The van der Waals surface area contributed by atoms with Crippen molar-refractivity contribution in [2.45, 2.75) is 6.42 Å². The minimum absolute atomic E-state index is 0.139. The highest BCUT2D eigenvalue weighted by atomic mass is 31.2. The van der Waals surface area contributed by atoms with E-state index >= 15 is 0 Å². The minimum Gasteiger partial charge on any atom is -0.396 e. The van der Waals surface area contributed by atoms with E-state index in [9.17, 15) is 9.36 Å². The first-order valence-corrected chi connectivity index (χ1v) is 4.55. The van der Waals surface area contributed by atoms with Gasteiger partial charge in [-0.05, 0) is 6.42 Å². The van der Waals surface area contributed by atoms with Gasteiger partial charge >= 0.3 is 13.8 Å². The zero-order valence-corrected chi connectivity index (χ0v) is 6.98. The van der Waals surface area contributed by atoms with Gasteiger partial charge in [0.25, 0.3) is 0 Å². The van der Waals surface area contributed by atoms with Gasteiger partial charge in [0.1, 0.15) is 0 Å². The van der Waals surface area contributed by atoms with E-state index < -0.39 is 13.8 Å². The van der Waals surface area contributed by atoms with E-state index in [4.69, 9.17) is 14.9 Å². The summed E-state index contributed by atoms with van der Waals surface area (Å²) in [6, 6.07) is 0. The lowest BCUT2D eigenvalue weighted by molar-refractivity contribution is -0.130. The van der Waals surface area contributed by atoms with Gasteiger partial charge in [-0.2, -0.15) is 0 Å². The standard InChI is InChI=1S/C5H9O6P/c6-4-2-1-3-5(7)11-12(8,9)10/h1,3,6H,2,4H2,(H2,8,9,10). The lowest BCUT2D eigenvalue weighted by atomic mass is 10.4. The van der Waals surface area contributed by atoms with Gasteiger partial charge in [-0.1, -0.05) is 6.08 Å². The second kappa shape index (κ2) is 5.05. The van der Waals surface area contributed by atoms with Gasteiger partial charge in [-0.15, -0.1) is 0 Å². The van der Waals surface area contributed by atoms with Crippen LogP contribution in [0.4, 0.5) is 0 Å². The van der Waals surface area contributed by atoms with E-state index in [-0.39, 0.29) is 13.0 Å². The highest BCUT2D eigenvalue weighted by Crippen LogP contribution is 2.35. The third kappa shape index (κ3) is 7.43. The number of phosphoric acid groups is 1. The summed E-state index contributed by atoms with van der Waals surface area (Å²) in [4.78, 5) is 26.7. The van der Waals surface area contributed by atoms with Crippen molar-refractivity contribution < 1.29 is 28.8 Å². The molecule has 0 radical (unpaired) electrons. The Bertz CT molecular complexity index is 216. The largest absolute Gasteiger partial charge is 0.527 e. The molecule has 0 aromatic carbocycles. The van der Waals surface area contributed by atoms with Crippen molar-refractivity contribution in [2.24, 2.45) is 0 Å². The molecule has 0 aliphatic carbocycles. The Labute approximate surface area is 68.7 Å². The Kier molecular flexibility index (Phi) is 4.77. The smallest absolute Gasteiger partial charge is 0.396 e. The monoisotopic (exact) mass is 196 g/mol. The number of hydrogen-bond acceptors (Lipinski definition) is 4. The molecule has 0 fully saturated rings. The highest BCUT2D eigenvalue weighted by molar-refractivity contribution is 7.46. The Morgan fingerprint density at radius 1 is 1.50 bits per heavy atom. The molecular formula is C5H9O6P. The van der Waals surface area contributed by atoms with E-state index in [0.717, 1.165) is 6.08 Å². The molecule has 0 aliphatic rings. The number of rotatable bonds is 4. The van der Waals surface area contributed by atoms with Gasteiger partial charge in [0, 0.05) is 12.7 Å². The number of aliphatic hydroxyl groups is 1. The van der Waals surface area contributed by atoms with Gasteiger partial charge in [0.05, 0.1) is 0 Å². The molecule has 0 aromatic heterocycles. The van der Waals surface area contributed by atoms with E-state index in [0.29, 0.717) is 0 Å². The van der Waals surface area contributed by atoms with Crippen LogP contribution in [0, 0.1) is 0 Å². The van der Waals surface area contributed by atoms with Crippen LogP contribution in [0.1, 0.15) is 6.42 Å². The summed E-state index contributed by atoms with van der Waals surface area (Å²) in [5.74, 6) is -1.13. The Morgan fingerprint density at radius 2 is 2.08 bits per heavy atom. The molecule has 12 heavy (non-hydrogen) atoms. The third-order valence-electron chi connectivity index (χ3n) is 0.759. The summed E-state index contributed by atoms with van der Waals surface area (Å²) in [6.07, 6.45) is 2.32. The maximum absolute atomic E-state index is 10.5. The molecule has 0 bridgehead atoms. The molecule has 0 heterocycles. The maximum Gasteiger partial charge on any atom is 0.527 e. The van der Waals surface area contributed by atoms with Gasteiger partial charge < -0.3 is 9.63 Å². The van der Waals surface area contributed by atoms with Crippen LogP contribution in [0.2, 0.25) is 0 Å². The Balaban J connectivity index is 3.83. The minimum atomic E-state index is -4.73. The van der Waals surface area contributed by atoms with Crippen LogP contribution >= 0.6 is 7.82 Å². The Morgan fingerprint density at radius 3 is 2.50 bits per heavy atom. The summed E-state index contributed by atoms with van der Waals surface area (Å²) in [5.41, 5.74) is 0. The topological polar surface area (TPSA) is 104 Å². The number of carbonyl (C=O) groups is 1. The van der Waals surface area contributed by atoms with Crippen molar-refractivity contribution in [1.82, 2.24) is 0 Å². The molecule has 6 nitrogen and oxygen atoms in total. The van der Waals surface area contributed by atoms with Crippen LogP contribution in [0.15, 0.2) is 12.2 Å². The van der Waals surface area contributed by atoms with Crippen molar-refractivity contribution in [2.75, 3.05) is 6.61 Å². The molecule has 70 valence electrons. The lowest BCUT2D eigenvalue weighted by Gasteiger charge is -2.00. The second-order valence-corrected chi connectivity index (χ2v) is 2.98. The molecule has 0 amide bonds. The fourth-order valence-corrected chi connectivity index (χ4v) is 0.697. The van der Waals surface area contributed by atoms with E-state index in [1.54, 1.807) is 0 Å². The van der Waals surface area contributed by atoms with Crippen molar-refractivity contribution >= 4 is 13.8 Å². The average Bonchev–Trinajstić information content (AvgIpc) is 1.84. The van der Waals surface area contributed by atoms with Gasteiger partial charge in [-0.3, -0.25) is 9.79 Å². The molecule has 3 N–H and O–H groups in total. The summed E-state index contributed by atoms with van der Waals surface area (Å²) < 4.78 is 13.7. The summed E-state index contributed by atoms with van der Waals surface area (Å²) in [6.45, 7) is -0.139. The van der Waals surface area contributed by atoms with Crippen LogP contribution in [0.3, 0.4) is 0 Å². The molecule has 7 heteroatoms. The van der Waals surface area contributed by atoms with E-state index in [2.05, 4.69) is 4.52 Å². The lowest BCUT2D eigenvalue weighted by Crippen LogP contribution is -1.97. The van der Waals surface area contributed by atoms with Crippen LogP contribution in [-0.2, 0) is 13.9 Å². The van der Waals surface area contributed by atoms with Crippen molar-refractivity contribution in [3.05, 3.63) is 12.2 Å². The maximum atomic E-state index is 10.5. The van der Waals surface area contributed by atoms with Gasteiger partial charge in [0.2, 0.25) is 0 Å². The van der Waals surface area contributed by atoms with Crippen LogP contribution in [-0.4, -0.2) is 27.5 Å². The Hall–Kier alpha value is -0.680. The van der Waals surface area contributed by atoms with E-state index in [1.807, 2.05) is 0 Å². The van der Waals surface area contributed by atoms with Gasteiger partial charge in [0.15, 0.2) is 0 Å². The number of aliphatic hydroxyl groups excluding tert-OH is 1. The number of carbonyl (C=O) groups excluding carboxylic acids is 1. The van der Waals surface area contributed by atoms with Crippen molar-refractivity contribution in [1.29, 1.82) is 0 Å². The van der Waals surface area contributed by atoms with Crippen LogP contribution < -0.4 is 0 Å². The van der Waals surface area contributed by atoms with Crippen molar-refractivity contribution in [3.8, 4) is 0 Å². The molecule has 0 saturated carbocycles. The van der Waals surface area contributed by atoms with Crippen LogP contribution in [0.25, 0.3) is 0 Å². The molecule has 0 aromatic rings. The number of phosphoric ester groups is 1. The molecule has 0 rings (SSSR count). The molecule has 0 saturated heterocycles. The normalized spacial score (nSPS) is 11.9. The first kappa shape index (κ1) is 11.3. The third-order valence-corrected chi connectivity index (χ3v) is 1.18. The summed E-state index contributed by atoms with van der Waals surface area (Å²) in [5, 5.41) is 8.25. The predicted molar refractivity (Wildman–Crippen MR) is 39.0 cm³/mol. The van der Waals surface area contributed by atoms with Gasteiger partial charge in [-0.25, -0.2) is 9.36 Å². The fraction of sp³-hybridized carbons (Fsp3) is 0.400. The fourth-order valence-electron chi connectivity index (χ4n) is 0.402. The summed E-state index contributed by atoms with van der Waals surface area (Å²) >= 11 is 0. The molecule has 0 unspecified atom stereocenters. The summed E-state index contributed by atoms with van der Waals surface area (Å²) in [7, 11) is -4.73. The number of hydrogen-bond donors (Lipinski definition) is 3. The van der Waals surface area contributed by atoms with Crippen LogP contribution in [0.5, 0.6) is 0 Å². The molecule has 0 spiro atoms. The van der Waals surface area contributed by atoms with E-state index in [1.165, 1.54) is 6.08 Å². The molecule has 0 atom stereocenters. The second-order valence-electron chi connectivity index (χ2n) is 1.82. The first-order valence-electron chi connectivity index (χ1n) is 3.02. The highest BCUT2D eigenvalue weighted by Gasteiger charge is 2.17.